The summed E-state index contributed by atoms with van der Waals surface area (Å²) >= 11 is 1.69. The van der Waals surface area contributed by atoms with Crippen LogP contribution >= 0.6 is 11.3 Å². The third kappa shape index (κ3) is 2.26. The molecule has 0 bridgehead atoms. The third-order valence-corrected chi connectivity index (χ3v) is 2.45. The van der Waals surface area contributed by atoms with Crippen LogP contribution in [0.25, 0.3) is 0 Å². The fourth-order valence-electron chi connectivity index (χ4n) is 1.02. The molecule has 13 heavy (non-hydrogen) atoms. The van der Waals surface area contributed by atoms with Gasteiger partial charge in [-0.05, 0) is 23.6 Å². The van der Waals surface area contributed by atoms with E-state index >= 15 is 0 Å². The first-order valence-electron chi connectivity index (χ1n) is 4.08. The summed E-state index contributed by atoms with van der Waals surface area (Å²) in [5.74, 6) is 0. The van der Waals surface area contributed by atoms with Crippen LogP contribution < -0.4 is 0 Å². The van der Waals surface area contributed by atoms with Gasteiger partial charge in [0.25, 0.3) is 0 Å². The summed E-state index contributed by atoms with van der Waals surface area (Å²) < 4.78 is 0. The van der Waals surface area contributed by atoms with E-state index in [0.29, 0.717) is 0 Å². The Labute approximate surface area is 81.4 Å². The molecule has 0 N–H and O–H groups in total. The number of para-hydroxylation sites is 1. The van der Waals surface area contributed by atoms with Crippen LogP contribution in [0.2, 0.25) is 0 Å². The Bertz CT molecular complexity index is 376. The minimum atomic E-state index is 0.996. The van der Waals surface area contributed by atoms with Gasteiger partial charge in [-0.3, -0.25) is 4.99 Å². The van der Waals surface area contributed by atoms with Crippen molar-refractivity contribution in [2.24, 2.45) is 4.99 Å². The summed E-state index contributed by atoms with van der Waals surface area (Å²) in [7, 11) is 0. The second-order valence-corrected chi connectivity index (χ2v) is 3.59. The molecule has 2 rings (SSSR count). The van der Waals surface area contributed by atoms with Crippen LogP contribution in [0.5, 0.6) is 0 Å². The van der Waals surface area contributed by atoms with Crippen molar-refractivity contribution in [2.75, 3.05) is 0 Å². The Morgan fingerprint density at radius 1 is 1.00 bits per heavy atom. The molecule has 0 aliphatic heterocycles. The monoisotopic (exact) mass is 187 g/mol. The Balaban J connectivity index is 2.15. The van der Waals surface area contributed by atoms with Crippen molar-refractivity contribution >= 4 is 23.2 Å². The van der Waals surface area contributed by atoms with Gasteiger partial charge in [-0.25, -0.2) is 0 Å². The van der Waals surface area contributed by atoms with Crippen molar-refractivity contribution < 1.29 is 0 Å². The molecule has 0 saturated carbocycles. The van der Waals surface area contributed by atoms with Crippen LogP contribution in [0.15, 0.2) is 52.8 Å². The molecule has 0 radical (unpaired) electrons. The van der Waals surface area contributed by atoms with Gasteiger partial charge < -0.3 is 0 Å². The van der Waals surface area contributed by atoms with E-state index in [1.807, 2.05) is 48.0 Å². The Kier molecular flexibility index (Phi) is 2.53. The number of hydrogen-bond donors (Lipinski definition) is 0. The summed E-state index contributed by atoms with van der Waals surface area (Å²) in [6.07, 6.45) is 1.89. The van der Waals surface area contributed by atoms with Crippen LogP contribution in [-0.4, -0.2) is 6.21 Å². The second kappa shape index (κ2) is 4.01. The lowest BCUT2D eigenvalue weighted by atomic mass is 10.3. The number of aliphatic imine (C=N–C) groups is 1. The molecule has 0 saturated heterocycles. The first kappa shape index (κ1) is 8.20. The smallest absolute Gasteiger partial charge is 0.0630 e. The Morgan fingerprint density at radius 2 is 1.85 bits per heavy atom. The second-order valence-electron chi connectivity index (χ2n) is 2.61. The van der Waals surface area contributed by atoms with Gasteiger partial charge in [0, 0.05) is 11.1 Å². The van der Waals surface area contributed by atoms with E-state index in [9.17, 15) is 0 Å². The van der Waals surface area contributed by atoms with Crippen molar-refractivity contribution in [1.29, 1.82) is 0 Å². The van der Waals surface area contributed by atoms with Crippen molar-refractivity contribution in [3.63, 3.8) is 0 Å². The maximum atomic E-state index is 4.33. The van der Waals surface area contributed by atoms with E-state index in [2.05, 4.69) is 11.1 Å². The Hall–Kier alpha value is -1.41. The molecular weight excluding hydrogens is 178 g/mol. The van der Waals surface area contributed by atoms with Crippen LogP contribution in [0.1, 0.15) is 4.88 Å². The largest absolute Gasteiger partial charge is 0.255 e. The highest BCUT2D eigenvalue weighted by atomic mass is 32.1. The van der Waals surface area contributed by atoms with Gasteiger partial charge in [-0.15, -0.1) is 11.3 Å². The minimum Gasteiger partial charge on any atom is -0.255 e. The zero-order chi connectivity index (χ0) is 8.93. The van der Waals surface area contributed by atoms with Gasteiger partial charge in [0.1, 0.15) is 0 Å². The lowest BCUT2D eigenvalue weighted by molar-refractivity contribution is 1.54. The van der Waals surface area contributed by atoms with Crippen LogP contribution in [-0.2, 0) is 0 Å². The topological polar surface area (TPSA) is 12.4 Å². The van der Waals surface area contributed by atoms with E-state index in [4.69, 9.17) is 0 Å². The lowest BCUT2D eigenvalue weighted by Crippen LogP contribution is -1.70. The van der Waals surface area contributed by atoms with Crippen molar-refractivity contribution in [1.82, 2.24) is 0 Å². The lowest BCUT2D eigenvalue weighted by Gasteiger charge is -1.89. The predicted molar refractivity (Wildman–Crippen MR) is 58.0 cm³/mol. The average molecular weight is 187 g/mol. The summed E-state index contributed by atoms with van der Waals surface area (Å²) in [5.41, 5.74) is 0.996. The summed E-state index contributed by atoms with van der Waals surface area (Å²) in [6.45, 7) is 0. The van der Waals surface area contributed by atoms with Gasteiger partial charge in [-0.1, -0.05) is 24.3 Å². The maximum absolute atomic E-state index is 4.33. The maximum Gasteiger partial charge on any atom is 0.0630 e. The number of nitrogens with zero attached hydrogens (tertiary/aromatic N) is 1. The quantitative estimate of drug-likeness (QED) is 0.638. The highest BCUT2D eigenvalue weighted by Gasteiger charge is 1.87. The molecule has 0 amide bonds. The third-order valence-electron chi connectivity index (χ3n) is 1.64. The van der Waals surface area contributed by atoms with Crippen molar-refractivity contribution in [3.8, 4) is 0 Å². The molecule has 1 aromatic carbocycles. The van der Waals surface area contributed by atoms with Crippen LogP contribution in [0, 0.1) is 0 Å². The SMILES string of the molecule is C(=N\c1ccccc1)/c1cccs1. The molecule has 2 heteroatoms. The molecule has 2 aromatic rings. The van der Waals surface area contributed by atoms with Gasteiger partial charge in [-0.2, -0.15) is 0 Å². The number of thiophene rings is 1. The minimum absolute atomic E-state index is 0.996. The summed E-state index contributed by atoms with van der Waals surface area (Å²) in [6, 6.07) is 14.0. The summed E-state index contributed by atoms with van der Waals surface area (Å²) in [4.78, 5) is 5.52. The highest BCUT2D eigenvalue weighted by molar-refractivity contribution is 7.11. The van der Waals surface area contributed by atoms with Crippen molar-refractivity contribution in [2.45, 2.75) is 0 Å². The molecule has 1 nitrogen and oxygen atoms in total. The van der Waals surface area contributed by atoms with E-state index in [0.717, 1.165) is 5.69 Å². The van der Waals surface area contributed by atoms with Gasteiger partial charge >= 0.3 is 0 Å². The van der Waals surface area contributed by atoms with E-state index in [-0.39, 0.29) is 0 Å². The molecule has 0 unspecified atom stereocenters. The molecule has 64 valence electrons. The zero-order valence-corrected chi connectivity index (χ0v) is 7.87. The van der Waals surface area contributed by atoms with E-state index < -0.39 is 0 Å². The molecule has 1 heterocycles. The molecule has 1 aromatic heterocycles. The summed E-state index contributed by atoms with van der Waals surface area (Å²) in [5, 5.41) is 2.05. The fourth-order valence-corrected chi connectivity index (χ4v) is 1.60. The standard InChI is InChI=1S/C11H9NS/c1-2-5-10(6-3-1)12-9-11-7-4-8-13-11/h1-9H/b12-9+. The highest BCUT2D eigenvalue weighted by Crippen LogP contribution is 2.11. The molecule has 0 aliphatic carbocycles. The van der Waals surface area contributed by atoms with E-state index in [1.54, 1.807) is 11.3 Å². The first-order chi connectivity index (χ1) is 6.45. The number of hydrogen-bond acceptors (Lipinski definition) is 2. The van der Waals surface area contributed by atoms with Gasteiger partial charge in [0.2, 0.25) is 0 Å². The van der Waals surface area contributed by atoms with Crippen LogP contribution in [0.3, 0.4) is 0 Å². The molecular formula is C11H9NS. The Morgan fingerprint density at radius 3 is 2.54 bits per heavy atom. The number of benzene rings is 1. The predicted octanol–water partition coefficient (Wildman–Crippen LogP) is 3.50. The molecule has 0 aliphatic rings. The average Bonchev–Trinajstić information content (AvgIpc) is 2.69. The molecule has 0 spiro atoms. The van der Waals surface area contributed by atoms with Crippen LogP contribution in [0.4, 0.5) is 5.69 Å². The van der Waals surface area contributed by atoms with Gasteiger partial charge in [0.05, 0.1) is 5.69 Å². The normalized spacial score (nSPS) is 10.8. The van der Waals surface area contributed by atoms with E-state index in [1.165, 1.54) is 4.88 Å². The zero-order valence-electron chi connectivity index (χ0n) is 7.05. The number of rotatable bonds is 2. The molecule has 0 fully saturated rings. The van der Waals surface area contributed by atoms with Crippen molar-refractivity contribution in [3.05, 3.63) is 52.7 Å². The first-order valence-corrected chi connectivity index (χ1v) is 4.96. The fraction of sp³-hybridized carbons (Fsp3) is 0. The molecule has 0 atom stereocenters. The van der Waals surface area contributed by atoms with Gasteiger partial charge in [0.15, 0.2) is 0 Å².